The second-order valence-electron chi connectivity index (χ2n) is 6.74. The van der Waals surface area contributed by atoms with Gasteiger partial charge in [-0.25, -0.2) is 8.42 Å². The third kappa shape index (κ3) is 4.36. The van der Waals surface area contributed by atoms with E-state index in [4.69, 9.17) is 0 Å². The highest BCUT2D eigenvalue weighted by Gasteiger charge is 2.32. The first kappa shape index (κ1) is 21.5. The zero-order valence-electron chi connectivity index (χ0n) is 17.4. The molecule has 1 amide bonds. The lowest BCUT2D eigenvalue weighted by molar-refractivity contribution is -0.112. The number of hydrogen-bond acceptors (Lipinski definition) is 3. The van der Waals surface area contributed by atoms with E-state index >= 15 is 0 Å². The van der Waals surface area contributed by atoms with E-state index in [-0.39, 0.29) is 10.8 Å². The van der Waals surface area contributed by atoms with Gasteiger partial charge in [-0.15, -0.1) is 0 Å². The zero-order valence-corrected chi connectivity index (χ0v) is 18.2. The molecule has 4 rings (SSSR count). The van der Waals surface area contributed by atoms with Gasteiger partial charge >= 0.3 is 0 Å². The summed E-state index contributed by atoms with van der Waals surface area (Å²) in [5.74, 6) is -0.0559. The first-order valence-corrected chi connectivity index (χ1v) is 11.8. The van der Waals surface area contributed by atoms with Gasteiger partial charge in [-0.2, -0.15) is 0 Å². The first-order chi connectivity index (χ1) is 14.4. The van der Waals surface area contributed by atoms with E-state index in [0.29, 0.717) is 12.1 Å². The van der Waals surface area contributed by atoms with Crippen molar-refractivity contribution in [3.63, 3.8) is 0 Å². The van der Waals surface area contributed by atoms with Crippen molar-refractivity contribution < 1.29 is 13.2 Å². The molecule has 0 aliphatic carbocycles. The Morgan fingerprint density at radius 1 is 0.733 bits per heavy atom. The molecule has 0 atom stereocenters. The Morgan fingerprint density at radius 2 is 1.27 bits per heavy atom. The maximum atomic E-state index is 13.3. The van der Waals surface area contributed by atoms with Crippen molar-refractivity contribution in [2.45, 2.75) is 18.7 Å². The van der Waals surface area contributed by atoms with Crippen LogP contribution in [0.3, 0.4) is 0 Å². The van der Waals surface area contributed by atoms with Crippen molar-refractivity contribution >= 4 is 32.6 Å². The number of nitrogens with zero attached hydrogens (tertiary/aromatic N) is 1. The summed E-state index contributed by atoms with van der Waals surface area (Å²) in [6.45, 7) is 4.44. The van der Waals surface area contributed by atoms with Gasteiger partial charge in [-0.3, -0.25) is 4.79 Å². The van der Waals surface area contributed by atoms with Crippen LogP contribution in [-0.4, -0.2) is 27.1 Å². The summed E-state index contributed by atoms with van der Waals surface area (Å²) in [7, 11) is -3.27. The van der Waals surface area contributed by atoms with E-state index in [2.05, 4.69) is 0 Å². The van der Waals surface area contributed by atoms with Crippen LogP contribution in [0.15, 0.2) is 89.8 Å². The number of carbonyl (C=O) groups excluding carboxylic acids is 1. The molecule has 30 heavy (non-hydrogen) atoms. The molecule has 5 heteroatoms. The minimum absolute atomic E-state index is 0.0559. The fourth-order valence-corrected chi connectivity index (χ4v) is 4.06. The first-order valence-electron chi connectivity index (χ1n) is 9.91. The summed E-state index contributed by atoms with van der Waals surface area (Å²) in [5.41, 5.74) is 4.08. The van der Waals surface area contributed by atoms with E-state index < -0.39 is 9.84 Å². The van der Waals surface area contributed by atoms with Gasteiger partial charge in [-0.05, 0) is 41.0 Å². The highest BCUT2D eigenvalue weighted by Crippen LogP contribution is 2.37. The average molecular weight is 420 g/mol. The molecule has 0 saturated carbocycles. The Labute approximate surface area is 178 Å². The summed E-state index contributed by atoms with van der Waals surface area (Å²) in [6, 6.07) is 25.9. The maximum Gasteiger partial charge on any atom is 0.259 e. The van der Waals surface area contributed by atoms with E-state index in [1.807, 2.05) is 74.5 Å². The van der Waals surface area contributed by atoms with Crippen LogP contribution in [-0.2, 0) is 14.6 Å². The number of para-hydroxylation sites is 1. The van der Waals surface area contributed by atoms with Crippen molar-refractivity contribution in [2.24, 2.45) is 0 Å². The van der Waals surface area contributed by atoms with Gasteiger partial charge in [0.15, 0.2) is 9.84 Å². The lowest BCUT2D eigenvalue weighted by atomic mass is 9.97. The molecule has 1 aliphatic rings. The monoisotopic (exact) mass is 419 g/mol. The molecule has 0 unspecified atom stereocenters. The highest BCUT2D eigenvalue weighted by molar-refractivity contribution is 7.90. The maximum absolute atomic E-state index is 13.3. The standard InChI is InChI=1S/C23H19NO3S.C2H6/c1-28(26,27)20-14-12-17(13-15-20)21-16-24(19-10-6-3-7-11-19)23(25)22(21)18-8-4-2-5-9-18;1-2/h2-15H,16H2,1H3;1-2H3. The van der Waals surface area contributed by atoms with Crippen LogP contribution >= 0.6 is 0 Å². The molecule has 0 spiro atoms. The van der Waals surface area contributed by atoms with E-state index in [1.165, 1.54) is 6.26 Å². The molecule has 3 aromatic rings. The molecular formula is C25H25NO3S. The van der Waals surface area contributed by atoms with Gasteiger partial charge in [0, 0.05) is 11.9 Å². The Hall–Kier alpha value is -3.18. The van der Waals surface area contributed by atoms with Crippen molar-refractivity contribution in [1.82, 2.24) is 0 Å². The van der Waals surface area contributed by atoms with Crippen molar-refractivity contribution in [3.05, 3.63) is 96.1 Å². The van der Waals surface area contributed by atoms with Gasteiger partial charge < -0.3 is 4.90 Å². The molecule has 0 saturated heterocycles. The third-order valence-electron chi connectivity index (χ3n) is 4.84. The summed E-state index contributed by atoms with van der Waals surface area (Å²) in [5, 5.41) is 0. The fraction of sp³-hybridized carbons (Fsp3) is 0.160. The van der Waals surface area contributed by atoms with Crippen LogP contribution in [0.1, 0.15) is 25.0 Å². The average Bonchev–Trinajstić information content (AvgIpc) is 3.13. The largest absolute Gasteiger partial charge is 0.304 e. The number of amides is 1. The van der Waals surface area contributed by atoms with Crippen LogP contribution in [0.2, 0.25) is 0 Å². The number of benzene rings is 3. The fourth-order valence-electron chi connectivity index (χ4n) is 3.43. The Morgan fingerprint density at radius 3 is 1.80 bits per heavy atom. The van der Waals surface area contributed by atoms with E-state index in [9.17, 15) is 13.2 Å². The van der Waals surface area contributed by atoms with Gasteiger partial charge in [-0.1, -0.05) is 74.5 Å². The SMILES string of the molecule is CC.CS(=O)(=O)c1ccc(C2=C(c3ccccc3)C(=O)N(c3ccccc3)C2)cc1. The molecule has 0 bridgehead atoms. The Kier molecular flexibility index (Phi) is 6.53. The van der Waals surface area contributed by atoms with Gasteiger partial charge in [0.25, 0.3) is 5.91 Å². The molecule has 3 aromatic carbocycles. The molecular weight excluding hydrogens is 394 g/mol. The molecule has 1 heterocycles. The molecule has 0 N–H and O–H groups in total. The molecule has 0 fully saturated rings. The normalized spacial score (nSPS) is 13.8. The number of hydrogen-bond donors (Lipinski definition) is 0. The highest BCUT2D eigenvalue weighted by atomic mass is 32.2. The number of carbonyl (C=O) groups is 1. The Bertz CT molecular complexity index is 1150. The van der Waals surface area contributed by atoms with Crippen LogP contribution in [0, 0.1) is 0 Å². The lowest BCUT2D eigenvalue weighted by Gasteiger charge is -2.17. The molecule has 1 aliphatic heterocycles. The predicted octanol–water partition coefficient (Wildman–Crippen LogP) is 5.07. The van der Waals surface area contributed by atoms with Gasteiger partial charge in [0.05, 0.1) is 17.0 Å². The quantitative estimate of drug-likeness (QED) is 0.593. The third-order valence-corrected chi connectivity index (χ3v) is 5.97. The van der Waals surface area contributed by atoms with Gasteiger partial charge in [0.2, 0.25) is 0 Å². The molecule has 4 nitrogen and oxygen atoms in total. The lowest BCUT2D eigenvalue weighted by Crippen LogP contribution is -2.26. The minimum Gasteiger partial charge on any atom is -0.304 e. The van der Waals surface area contributed by atoms with Gasteiger partial charge in [0.1, 0.15) is 0 Å². The number of rotatable bonds is 4. The Balaban J connectivity index is 0.00000124. The zero-order chi connectivity index (χ0) is 21.7. The van der Waals surface area contributed by atoms with Crippen molar-refractivity contribution in [1.29, 1.82) is 0 Å². The van der Waals surface area contributed by atoms with Crippen LogP contribution in [0.25, 0.3) is 11.1 Å². The molecule has 154 valence electrons. The number of sulfone groups is 1. The molecule has 0 aromatic heterocycles. The summed E-state index contributed by atoms with van der Waals surface area (Å²) >= 11 is 0. The second-order valence-corrected chi connectivity index (χ2v) is 8.76. The van der Waals surface area contributed by atoms with Crippen LogP contribution < -0.4 is 4.90 Å². The smallest absolute Gasteiger partial charge is 0.259 e. The summed E-state index contributed by atoms with van der Waals surface area (Å²) in [6.07, 6.45) is 1.19. The molecule has 0 radical (unpaired) electrons. The van der Waals surface area contributed by atoms with Crippen LogP contribution in [0.4, 0.5) is 5.69 Å². The van der Waals surface area contributed by atoms with Crippen LogP contribution in [0.5, 0.6) is 0 Å². The van der Waals surface area contributed by atoms with E-state index in [1.54, 1.807) is 29.2 Å². The number of anilines is 1. The van der Waals surface area contributed by atoms with E-state index in [0.717, 1.165) is 22.4 Å². The second kappa shape index (κ2) is 9.09. The van der Waals surface area contributed by atoms with Crippen molar-refractivity contribution in [3.8, 4) is 0 Å². The summed E-state index contributed by atoms with van der Waals surface area (Å²) in [4.78, 5) is 15.3. The predicted molar refractivity (Wildman–Crippen MR) is 123 cm³/mol. The van der Waals surface area contributed by atoms with Crippen molar-refractivity contribution in [2.75, 3.05) is 17.7 Å². The minimum atomic E-state index is -3.27. The summed E-state index contributed by atoms with van der Waals surface area (Å²) < 4.78 is 23.5. The topological polar surface area (TPSA) is 54.5 Å².